The van der Waals surface area contributed by atoms with Crippen molar-refractivity contribution in [3.63, 3.8) is 0 Å². The van der Waals surface area contributed by atoms with Gasteiger partial charge in [0.15, 0.2) is 5.82 Å². The van der Waals surface area contributed by atoms with E-state index in [4.69, 9.17) is 10.8 Å². The Kier molecular flexibility index (Phi) is 8.67. The first kappa shape index (κ1) is 33.5. The van der Waals surface area contributed by atoms with Crippen LogP contribution in [0.15, 0.2) is 42.7 Å². The number of carbonyl (C=O) groups is 2. The summed E-state index contributed by atoms with van der Waals surface area (Å²) >= 11 is 0. The van der Waals surface area contributed by atoms with Crippen LogP contribution in [0.3, 0.4) is 0 Å². The molecule has 0 bridgehead atoms. The molecule has 2 aliphatic heterocycles. The third kappa shape index (κ3) is 6.52. The van der Waals surface area contributed by atoms with E-state index in [2.05, 4.69) is 20.4 Å². The Morgan fingerprint density at radius 2 is 1.76 bits per heavy atom. The van der Waals surface area contributed by atoms with E-state index in [1.807, 2.05) is 56.9 Å². The van der Waals surface area contributed by atoms with E-state index in [9.17, 15) is 19.8 Å². The lowest BCUT2D eigenvalue weighted by atomic mass is 9.49. The lowest BCUT2D eigenvalue weighted by molar-refractivity contribution is -0.149. The predicted octanol–water partition coefficient (Wildman–Crippen LogP) is 4.00. The molecule has 3 aromatic rings. The molecular formula is C37H50N8O4. The van der Waals surface area contributed by atoms with Gasteiger partial charge in [-0.3, -0.25) is 14.3 Å². The number of nitrogen functional groups attached to an aromatic ring is 1. The van der Waals surface area contributed by atoms with E-state index < -0.39 is 17.6 Å². The number of hydrogen-bond donors (Lipinski definition) is 4. The normalized spacial score (nSPS) is 28.2. The molecule has 3 atom stereocenters. The Balaban J connectivity index is 0.893. The van der Waals surface area contributed by atoms with E-state index in [0.717, 1.165) is 62.7 Å². The molecule has 2 aromatic heterocycles. The zero-order chi connectivity index (χ0) is 34.7. The van der Waals surface area contributed by atoms with Crippen molar-refractivity contribution in [1.29, 1.82) is 0 Å². The molecule has 2 aliphatic carbocycles. The van der Waals surface area contributed by atoms with Crippen molar-refractivity contribution in [2.45, 2.75) is 103 Å². The number of β-amino-alcohol motifs (C(OH)–C–C–N with tert-alkyl or cyclic N) is 1. The van der Waals surface area contributed by atoms with Gasteiger partial charge in [0.25, 0.3) is 0 Å². The first-order valence-corrected chi connectivity index (χ1v) is 17.8. The van der Waals surface area contributed by atoms with Crippen LogP contribution in [-0.4, -0.2) is 95.7 Å². The van der Waals surface area contributed by atoms with Crippen LogP contribution in [0.25, 0.3) is 22.4 Å². The Bertz CT molecular complexity index is 1700. The number of phenols is 1. The number of aliphatic hydroxyl groups excluding tert-OH is 1. The van der Waals surface area contributed by atoms with Gasteiger partial charge in [-0.25, -0.2) is 0 Å². The SMILES string of the molecule is C[C@@H]1C[C@@H](O)CN1C(=O)[C@@H](NC(=O)C1CC2(C1)CC(N1CCC(n3cc(-c4cc(-c5ccccc5O)nnc4N)cn3)CC1)C2)C(C)(C)C. The maximum atomic E-state index is 13.5. The fourth-order valence-electron chi connectivity index (χ4n) is 8.73. The summed E-state index contributed by atoms with van der Waals surface area (Å²) in [5.41, 5.74) is 8.82. The number of anilines is 1. The van der Waals surface area contributed by atoms with Crippen LogP contribution in [0.5, 0.6) is 5.75 Å². The first-order valence-electron chi connectivity index (χ1n) is 17.8. The largest absolute Gasteiger partial charge is 0.507 e. The minimum Gasteiger partial charge on any atom is -0.507 e. The van der Waals surface area contributed by atoms with Crippen LogP contribution in [0.4, 0.5) is 5.82 Å². The Morgan fingerprint density at radius 3 is 2.41 bits per heavy atom. The summed E-state index contributed by atoms with van der Waals surface area (Å²) < 4.78 is 2.05. The van der Waals surface area contributed by atoms with Crippen molar-refractivity contribution in [1.82, 2.24) is 35.1 Å². The van der Waals surface area contributed by atoms with Gasteiger partial charge in [0, 0.05) is 60.5 Å². The molecule has 0 radical (unpaired) electrons. The van der Waals surface area contributed by atoms with E-state index in [-0.39, 0.29) is 34.9 Å². The second-order valence-electron chi connectivity index (χ2n) is 16.2. The summed E-state index contributed by atoms with van der Waals surface area (Å²) in [7, 11) is 0. The minimum absolute atomic E-state index is 0.00658. The van der Waals surface area contributed by atoms with Crippen LogP contribution in [0.1, 0.15) is 78.7 Å². The lowest BCUT2D eigenvalue weighted by Crippen LogP contribution is -2.61. The highest BCUT2D eigenvalue weighted by Crippen LogP contribution is 2.60. The first-order chi connectivity index (χ1) is 23.3. The summed E-state index contributed by atoms with van der Waals surface area (Å²) in [6, 6.07) is 9.12. The molecule has 2 amide bonds. The molecule has 2 saturated carbocycles. The molecule has 49 heavy (non-hydrogen) atoms. The van der Waals surface area contributed by atoms with Crippen molar-refractivity contribution in [2.24, 2.45) is 16.7 Å². The van der Waals surface area contributed by atoms with Crippen LogP contribution >= 0.6 is 0 Å². The van der Waals surface area contributed by atoms with Crippen LogP contribution in [-0.2, 0) is 9.59 Å². The number of rotatable bonds is 7. The van der Waals surface area contributed by atoms with E-state index in [1.165, 1.54) is 0 Å². The number of para-hydroxylation sites is 1. The highest BCUT2D eigenvalue weighted by Gasteiger charge is 2.56. The molecule has 4 heterocycles. The number of likely N-dealkylation sites (tertiary alicyclic amines) is 2. The molecule has 2 saturated heterocycles. The second-order valence-corrected chi connectivity index (χ2v) is 16.2. The number of phenolic OH excluding ortho intramolecular Hbond substituents is 1. The lowest BCUT2D eigenvalue weighted by Gasteiger charge is -2.60. The number of benzene rings is 1. The number of aliphatic hydroxyl groups is 1. The van der Waals surface area contributed by atoms with E-state index >= 15 is 0 Å². The quantitative estimate of drug-likeness (QED) is 0.291. The topological polar surface area (TPSA) is 163 Å². The summed E-state index contributed by atoms with van der Waals surface area (Å²) in [6.45, 7) is 10.3. The van der Waals surface area contributed by atoms with Crippen LogP contribution in [0.2, 0.25) is 0 Å². The number of amides is 2. The molecule has 262 valence electrons. The van der Waals surface area contributed by atoms with Crippen molar-refractivity contribution in [3.8, 4) is 28.1 Å². The highest BCUT2D eigenvalue weighted by atomic mass is 16.3. The zero-order valence-corrected chi connectivity index (χ0v) is 29.0. The average molecular weight is 671 g/mol. The van der Waals surface area contributed by atoms with Gasteiger partial charge in [-0.05, 0) is 80.9 Å². The summed E-state index contributed by atoms with van der Waals surface area (Å²) in [5.74, 6) is 0.326. The number of nitrogens with zero attached hydrogens (tertiary/aromatic N) is 6. The summed E-state index contributed by atoms with van der Waals surface area (Å²) in [4.78, 5) is 31.2. The summed E-state index contributed by atoms with van der Waals surface area (Å²) in [6.07, 6.45) is 10.0. The van der Waals surface area contributed by atoms with E-state index in [0.29, 0.717) is 42.1 Å². The van der Waals surface area contributed by atoms with Gasteiger partial charge in [-0.2, -0.15) is 5.10 Å². The van der Waals surface area contributed by atoms with Gasteiger partial charge >= 0.3 is 0 Å². The molecule has 12 heteroatoms. The van der Waals surface area contributed by atoms with Gasteiger partial charge in [-0.15, -0.1) is 10.2 Å². The molecule has 12 nitrogen and oxygen atoms in total. The maximum Gasteiger partial charge on any atom is 0.246 e. The number of nitrogens with two attached hydrogens (primary N) is 1. The standard InChI is InChI=1S/C37H50N8O4/c1-22-13-27(46)21-44(22)35(49)32(36(2,3)4)40-34(48)23-15-37(16-23)17-26(18-37)43-11-9-25(10-12-43)45-20-24(19-39-45)29-14-30(41-42-33(29)38)28-7-5-6-8-31(28)47/h5-8,14,19-20,22-23,25-27,32,46-47H,9-13,15-18,21H2,1-4H3,(H2,38,42)(H,40,48)/t22-,23?,26?,27-,32-,37?/m1/s1. The van der Waals surface area contributed by atoms with Crippen LogP contribution in [0, 0.1) is 16.7 Å². The van der Waals surface area contributed by atoms with Crippen molar-refractivity contribution in [2.75, 3.05) is 25.4 Å². The molecule has 1 aromatic carbocycles. The molecule has 4 fully saturated rings. The fourth-order valence-corrected chi connectivity index (χ4v) is 8.73. The number of carbonyl (C=O) groups excluding carboxylic acids is 2. The highest BCUT2D eigenvalue weighted by molar-refractivity contribution is 5.90. The van der Waals surface area contributed by atoms with E-state index in [1.54, 1.807) is 23.1 Å². The van der Waals surface area contributed by atoms with Gasteiger partial charge in [0.2, 0.25) is 11.8 Å². The third-order valence-corrected chi connectivity index (χ3v) is 11.6. The van der Waals surface area contributed by atoms with Gasteiger partial charge in [0.1, 0.15) is 11.8 Å². The van der Waals surface area contributed by atoms with Gasteiger partial charge < -0.3 is 31.1 Å². The zero-order valence-electron chi connectivity index (χ0n) is 29.0. The van der Waals surface area contributed by atoms with Crippen molar-refractivity contribution < 1.29 is 19.8 Å². The average Bonchev–Trinajstić information content (AvgIpc) is 3.64. The van der Waals surface area contributed by atoms with Crippen molar-refractivity contribution in [3.05, 3.63) is 42.7 Å². The number of nitrogens with one attached hydrogen (secondary N) is 1. The predicted molar refractivity (Wildman–Crippen MR) is 186 cm³/mol. The molecule has 5 N–H and O–H groups in total. The number of aromatic nitrogens is 4. The Labute approximate surface area is 288 Å². The second kappa shape index (κ2) is 12.7. The van der Waals surface area contributed by atoms with Crippen LogP contribution < -0.4 is 11.1 Å². The van der Waals surface area contributed by atoms with Crippen molar-refractivity contribution >= 4 is 17.6 Å². The number of hydrogen-bond acceptors (Lipinski definition) is 9. The molecule has 1 spiro atoms. The molecule has 0 unspecified atom stereocenters. The molecule has 7 rings (SSSR count). The molecule has 4 aliphatic rings. The smallest absolute Gasteiger partial charge is 0.246 e. The maximum absolute atomic E-state index is 13.5. The van der Waals surface area contributed by atoms with Gasteiger partial charge in [-0.1, -0.05) is 32.9 Å². The number of piperidine rings is 1. The molecular weight excluding hydrogens is 620 g/mol. The van der Waals surface area contributed by atoms with Gasteiger partial charge in [0.05, 0.1) is 24.0 Å². The fraction of sp³-hybridized carbons (Fsp3) is 0.595. The number of aromatic hydroxyl groups is 1. The Morgan fingerprint density at radius 1 is 1.04 bits per heavy atom. The monoisotopic (exact) mass is 670 g/mol. The summed E-state index contributed by atoms with van der Waals surface area (Å²) in [5, 5.41) is 36.6. The third-order valence-electron chi connectivity index (χ3n) is 11.6. The minimum atomic E-state index is -0.606. The Hall–Kier alpha value is -4.03.